The van der Waals surface area contributed by atoms with Crippen molar-refractivity contribution in [2.24, 2.45) is 0 Å². The second-order valence-electron chi connectivity index (χ2n) is 3.72. The van der Waals surface area contributed by atoms with Gasteiger partial charge in [-0.3, -0.25) is 0 Å². The summed E-state index contributed by atoms with van der Waals surface area (Å²) in [5.41, 5.74) is 1.22. The van der Waals surface area contributed by atoms with E-state index in [1.807, 2.05) is 37.3 Å². The van der Waals surface area contributed by atoms with E-state index in [9.17, 15) is 4.79 Å². The van der Waals surface area contributed by atoms with Gasteiger partial charge in [-0.2, -0.15) is 0 Å². The molecule has 0 bridgehead atoms. The summed E-state index contributed by atoms with van der Waals surface area (Å²) < 4.78 is 4.75. The van der Waals surface area contributed by atoms with Gasteiger partial charge < -0.3 is 9.64 Å². The quantitative estimate of drug-likeness (QED) is 0.732. The predicted molar refractivity (Wildman–Crippen MR) is 68.9 cm³/mol. The lowest BCUT2D eigenvalue weighted by molar-refractivity contribution is 0.128. The van der Waals surface area contributed by atoms with Gasteiger partial charge in [0.05, 0.1) is 7.11 Å². The van der Waals surface area contributed by atoms with Crippen LogP contribution < -0.4 is 0 Å². The number of nitrogens with zero attached hydrogens (tertiary/aromatic N) is 1. The Labute approximate surface area is 103 Å². The van der Waals surface area contributed by atoms with Crippen molar-refractivity contribution >= 4 is 6.09 Å². The van der Waals surface area contributed by atoms with Crippen LogP contribution in [0.1, 0.15) is 12.5 Å². The van der Waals surface area contributed by atoms with E-state index < -0.39 is 0 Å². The molecule has 0 saturated heterocycles. The lowest BCUT2D eigenvalue weighted by atomic mass is 10.1. The third kappa shape index (κ3) is 4.72. The monoisotopic (exact) mass is 233 g/mol. The lowest BCUT2D eigenvalue weighted by Crippen LogP contribution is -2.32. The summed E-state index contributed by atoms with van der Waals surface area (Å²) in [7, 11) is 1.41. The smallest absolute Gasteiger partial charge is 0.409 e. The summed E-state index contributed by atoms with van der Waals surface area (Å²) in [6.07, 6.45) is 4.44. The summed E-state index contributed by atoms with van der Waals surface area (Å²) in [5, 5.41) is 0. The molecule has 17 heavy (non-hydrogen) atoms. The molecule has 0 aliphatic heterocycles. The standard InChI is InChI=1S/C14H19NO2/c1-3-4-11-15(14(16)17-2)12-10-13-8-6-5-7-9-13/h3-9H,10-12H2,1-2H3/b4-3+. The third-order valence-corrected chi connectivity index (χ3v) is 2.51. The first-order valence-electron chi connectivity index (χ1n) is 5.76. The average Bonchev–Trinajstić information content (AvgIpc) is 2.39. The second-order valence-corrected chi connectivity index (χ2v) is 3.72. The number of carbonyl (C=O) groups excluding carboxylic acids is 1. The van der Waals surface area contributed by atoms with Gasteiger partial charge in [0.2, 0.25) is 0 Å². The van der Waals surface area contributed by atoms with Crippen LogP contribution in [0.2, 0.25) is 0 Å². The molecule has 0 radical (unpaired) electrons. The molecule has 0 atom stereocenters. The van der Waals surface area contributed by atoms with Gasteiger partial charge in [-0.15, -0.1) is 0 Å². The van der Waals surface area contributed by atoms with Crippen molar-refractivity contribution in [1.29, 1.82) is 0 Å². The topological polar surface area (TPSA) is 29.5 Å². The number of methoxy groups -OCH3 is 1. The average molecular weight is 233 g/mol. The summed E-state index contributed by atoms with van der Waals surface area (Å²) in [4.78, 5) is 13.2. The molecule has 0 fully saturated rings. The van der Waals surface area contributed by atoms with Gasteiger partial charge in [-0.05, 0) is 18.9 Å². The first-order chi connectivity index (χ1) is 8.27. The minimum absolute atomic E-state index is 0.279. The van der Waals surface area contributed by atoms with Crippen LogP contribution in [0.25, 0.3) is 0 Å². The summed E-state index contributed by atoms with van der Waals surface area (Å²) in [6, 6.07) is 10.1. The van der Waals surface area contributed by atoms with Crippen molar-refractivity contribution in [2.75, 3.05) is 20.2 Å². The maximum Gasteiger partial charge on any atom is 0.409 e. The first-order valence-corrected chi connectivity index (χ1v) is 5.76. The van der Waals surface area contributed by atoms with Crippen molar-refractivity contribution in [3.8, 4) is 0 Å². The Bertz CT molecular complexity index is 360. The van der Waals surface area contributed by atoms with E-state index in [-0.39, 0.29) is 6.09 Å². The molecule has 0 unspecified atom stereocenters. The normalized spacial score (nSPS) is 10.5. The number of allylic oxidation sites excluding steroid dienone is 1. The molecule has 0 aliphatic rings. The Balaban J connectivity index is 2.51. The highest BCUT2D eigenvalue weighted by Crippen LogP contribution is 2.03. The number of carbonyl (C=O) groups is 1. The van der Waals surface area contributed by atoms with Gasteiger partial charge >= 0.3 is 6.09 Å². The number of ether oxygens (including phenoxy) is 1. The highest BCUT2D eigenvalue weighted by atomic mass is 16.5. The Morgan fingerprint density at radius 3 is 2.65 bits per heavy atom. The first kappa shape index (κ1) is 13.3. The van der Waals surface area contributed by atoms with E-state index in [4.69, 9.17) is 4.74 Å². The van der Waals surface area contributed by atoms with Gasteiger partial charge in [-0.1, -0.05) is 42.5 Å². The fourth-order valence-corrected chi connectivity index (χ4v) is 1.53. The van der Waals surface area contributed by atoms with Crippen molar-refractivity contribution in [2.45, 2.75) is 13.3 Å². The Hall–Kier alpha value is -1.77. The molecule has 3 heteroatoms. The van der Waals surface area contributed by atoms with Gasteiger partial charge in [-0.25, -0.2) is 4.79 Å². The molecular formula is C14H19NO2. The van der Waals surface area contributed by atoms with E-state index in [2.05, 4.69) is 12.1 Å². The highest BCUT2D eigenvalue weighted by Gasteiger charge is 2.11. The molecule has 3 nitrogen and oxygen atoms in total. The zero-order valence-electron chi connectivity index (χ0n) is 10.4. The van der Waals surface area contributed by atoms with Gasteiger partial charge in [0.25, 0.3) is 0 Å². The maximum absolute atomic E-state index is 11.5. The molecular weight excluding hydrogens is 214 g/mol. The molecule has 1 aromatic rings. The van der Waals surface area contributed by atoms with Gasteiger partial charge in [0.1, 0.15) is 0 Å². The summed E-state index contributed by atoms with van der Waals surface area (Å²) in [6.45, 7) is 3.20. The Kier molecular flexibility index (Phi) is 5.86. The van der Waals surface area contributed by atoms with Crippen LogP contribution in [-0.2, 0) is 11.2 Å². The van der Waals surface area contributed by atoms with Crippen LogP contribution in [0, 0.1) is 0 Å². The molecule has 92 valence electrons. The molecule has 0 aromatic heterocycles. The lowest BCUT2D eigenvalue weighted by Gasteiger charge is -2.19. The van der Waals surface area contributed by atoms with Crippen molar-refractivity contribution in [3.63, 3.8) is 0 Å². The number of hydrogen-bond donors (Lipinski definition) is 0. The van der Waals surface area contributed by atoms with Crippen LogP contribution in [0.15, 0.2) is 42.5 Å². The molecule has 0 heterocycles. The van der Waals surface area contributed by atoms with Crippen LogP contribution in [0.3, 0.4) is 0 Å². The van der Waals surface area contributed by atoms with Crippen LogP contribution in [0.4, 0.5) is 4.79 Å². The number of hydrogen-bond acceptors (Lipinski definition) is 2. The molecule has 1 rings (SSSR count). The van der Waals surface area contributed by atoms with E-state index in [0.717, 1.165) is 6.42 Å². The second kappa shape index (κ2) is 7.49. The molecule has 1 amide bonds. The van der Waals surface area contributed by atoms with E-state index in [0.29, 0.717) is 13.1 Å². The number of amides is 1. The van der Waals surface area contributed by atoms with Crippen LogP contribution >= 0.6 is 0 Å². The predicted octanol–water partition coefficient (Wildman–Crippen LogP) is 2.87. The number of benzene rings is 1. The third-order valence-electron chi connectivity index (χ3n) is 2.51. The molecule has 1 aromatic carbocycles. The zero-order chi connectivity index (χ0) is 12.5. The zero-order valence-corrected chi connectivity index (χ0v) is 10.4. The van der Waals surface area contributed by atoms with E-state index in [1.165, 1.54) is 12.7 Å². The summed E-state index contributed by atoms with van der Waals surface area (Å²) >= 11 is 0. The highest BCUT2D eigenvalue weighted by molar-refractivity contribution is 5.67. The summed E-state index contributed by atoms with van der Waals surface area (Å²) in [5.74, 6) is 0. The Morgan fingerprint density at radius 2 is 2.06 bits per heavy atom. The maximum atomic E-state index is 11.5. The minimum Gasteiger partial charge on any atom is -0.453 e. The minimum atomic E-state index is -0.279. The SMILES string of the molecule is C/C=C/CN(CCc1ccccc1)C(=O)OC. The van der Waals surface area contributed by atoms with Crippen molar-refractivity contribution in [3.05, 3.63) is 48.0 Å². The fraction of sp³-hybridized carbons (Fsp3) is 0.357. The van der Waals surface area contributed by atoms with Crippen molar-refractivity contribution < 1.29 is 9.53 Å². The van der Waals surface area contributed by atoms with E-state index in [1.54, 1.807) is 4.90 Å². The van der Waals surface area contributed by atoms with Crippen LogP contribution in [-0.4, -0.2) is 31.2 Å². The van der Waals surface area contributed by atoms with E-state index >= 15 is 0 Å². The van der Waals surface area contributed by atoms with Gasteiger partial charge in [0.15, 0.2) is 0 Å². The van der Waals surface area contributed by atoms with Crippen molar-refractivity contribution in [1.82, 2.24) is 4.90 Å². The van der Waals surface area contributed by atoms with Crippen LogP contribution in [0.5, 0.6) is 0 Å². The molecule has 0 spiro atoms. The van der Waals surface area contributed by atoms with Gasteiger partial charge in [0, 0.05) is 13.1 Å². The molecule has 0 aliphatic carbocycles. The molecule has 0 N–H and O–H groups in total. The number of rotatable bonds is 5. The largest absolute Gasteiger partial charge is 0.453 e. The Morgan fingerprint density at radius 1 is 1.35 bits per heavy atom. The molecule has 0 saturated carbocycles. The fourth-order valence-electron chi connectivity index (χ4n) is 1.53.